The van der Waals surface area contributed by atoms with Gasteiger partial charge in [0.05, 0.1) is 0 Å². The lowest BCUT2D eigenvalue weighted by Crippen LogP contribution is -2.24. The summed E-state index contributed by atoms with van der Waals surface area (Å²) in [4.78, 5) is 0. The molecule has 0 radical (unpaired) electrons. The molecule has 2 rings (SSSR count). The zero-order chi connectivity index (χ0) is 11.1. The van der Waals surface area contributed by atoms with Crippen molar-refractivity contribution in [3.05, 3.63) is 29.3 Å². The molecule has 0 aliphatic carbocycles. The van der Waals surface area contributed by atoms with Crippen LogP contribution in [0.5, 0.6) is 5.75 Å². The van der Waals surface area contributed by atoms with Crippen LogP contribution in [0.25, 0.3) is 0 Å². The molecule has 1 aromatic carbocycles. The monoisotopic (exact) mass is 205 g/mol. The van der Waals surface area contributed by atoms with Crippen molar-refractivity contribution in [3.8, 4) is 5.75 Å². The van der Waals surface area contributed by atoms with E-state index >= 15 is 0 Å². The highest BCUT2D eigenvalue weighted by molar-refractivity contribution is 5.42. The second-order valence-corrected chi connectivity index (χ2v) is 4.92. The molecule has 1 heterocycles. The molecular formula is C13H19NO. The first kappa shape index (κ1) is 10.5. The summed E-state index contributed by atoms with van der Waals surface area (Å²) in [6.07, 6.45) is 1.95. The largest absolute Gasteiger partial charge is 0.487 e. The zero-order valence-corrected chi connectivity index (χ0v) is 9.71. The minimum atomic E-state index is -0.0583. The highest BCUT2D eigenvalue weighted by Gasteiger charge is 2.30. The Labute approximate surface area is 91.4 Å². The van der Waals surface area contributed by atoms with Crippen molar-refractivity contribution in [3.63, 3.8) is 0 Å². The maximum atomic E-state index is 6.02. The molecule has 0 unspecified atom stereocenters. The molecule has 2 heteroatoms. The van der Waals surface area contributed by atoms with Crippen LogP contribution in [0.4, 0.5) is 0 Å². The van der Waals surface area contributed by atoms with Gasteiger partial charge in [-0.3, -0.25) is 0 Å². The molecule has 0 saturated carbocycles. The maximum Gasteiger partial charge on any atom is 0.123 e. The number of ether oxygens (including phenoxy) is 1. The normalized spacial score (nSPS) is 19.5. The molecular weight excluding hydrogens is 186 g/mol. The molecule has 0 fully saturated rings. The first-order chi connectivity index (χ1) is 7.02. The maximum absolute atomic E-state index is 6.02. The highest BCUT2D eigenvalue weighted by atomic mass is 16.5. The van der Waals surface area contributed by atoms with Crippen LogP contribution in [0.3, 0.4) is 0 Å². The molecule has 0 amide bonds. The van der Waals surface area contributed by atoms with Crippen LogP contribution >= 0.6 is 0 Å². The molecule has 2 N–H and O–H groups in total. The van der Waals surface area contributed by atoms with Crippen LogP contribution in [-0.4, -0.2) is 5.60 Å². The summed E-state index contributed by atoms with van der Waals surface area (Å²) in [5.74, 6) is 1.02. The number of hydrogen-bond donors (Lipinski definition) is 1. The van der Waals surface area contributed by atoms with Crippen LogP contribution in [0.15, 0.2) is 18.2 Å². The quantitative estimate of drug-likeness (QED) is 0.805. The minimum absolute atomic E-state index is 0.0583. The summed E-state index contributed by atoms with van der Waals surface area (Å²) in [5.41, 5.74) is 8.47. The number of hydrogen-bond acceptors (Lipinski definition) is 2. The Morgan fingerprint density at radius 2 is 2.20 bits per heavy atom. The van der Waals surface area contributed by atoms with Crippen molar-refractivity contribution in [1.29, 1.82) is 0 Å². The van der Waals surface area contributed by atoms with Crippen molar-refractivity contribution in [2.24, 2.45) is 5.73 Å². The fraction of sp³-hybridized carbons (Fsp3) is 0.538. The Hall–Kier alpha value is -1.02. The Balaban J connectivity index is 2.30. The van der Waals surface area contributed by atoms with E-state index in [1.54, 1.807) is 0 Å². The van der Waals surface area contributed by atoms with Gasteiger partial charge in [0.25, 0.3) is 0 Å². The molecule has 82 valence electrons. The van der Waals surface area contributed by atoms with Gasteiger partial charge in [0, 0.05) is 12.5 Å². The van der Waals surface area contributed by atoms with Gasteiger partial charge in [0.2, 0.25) is 0 Å². The third-order valence-electron chi connectivity index (χ3n) is 2.95. The Bertz CT molecular complexity index is 371. The molecule has 1 aliphatic heterocycles. The van der Waals surface area contributed by atoms with Crippen molar-refractivity contribution >= 4 is 0 Å². The van der Waals surface area contributed by atoms with Gasteiger partial charge in [0.1, 0.15) is 11.4 Å². The van der Waals surface area contributed by atoms with E-state index in [1.807, 2.05) is 0 Å². The van der Waals surface area contributed by atoms with Gasteiger partial charge in [-0.1, -0.05) is 19.1 Å². The summed E-state index contributed by atoms with van der Waals surface area (Å²) in [7, 11) is 0. The highest BCUT2D eigenvalue weighted by Crippen LogP contribution is 2.36. The van der Waals surface area contributed by atoms with Gasteiger partial charge >= 0.3 is 0 Å². The fourth-order valence-electron chi connectivity index (χ4n) is 2.10. The summed E-state index contributed by atoms with van der Waals surface area (Å²) in [6.45, 7) is 6.34. The summed E-state index contributed by atoms with van der Waals surface area (Å²) in [6, 6.07) is 6.47. The number of fused-ring (bicyclic) bond motifs is 1. The smallest absolute Gasteiger partial charge is 0.123 e. The second-order valence-electron chi connectivity index (χ2n) is 4.92. The van der Waals surface area contributed by atoms with Crippen LogP contribution < -0.4 is 10.5 Å². The van der Waals surface area contributed by atoms with Gasteiger partial charge in [-0.15, -0.1) is 0 Å². The first-order valence-electron chi connectivity index (χ1n) is 5.59. The predicted molar refractivity (Wildman–Crippen MR) is 62.1 cm³/mol. The molecule has 0 aromatic heterocycles. The first-order valence-corrected chi connectivity index (χ1v) is 5.59. The predicted octanol–water partition coefficient (Wildman–Crippen LogP) is 2.81. The molecule has 1 atom stereocenters. The van der Waals surface area contributed by atoms with E-state index < -0.39 is 0 Å². The number of nitrogens with two attached hydrogens (primary N) is 1. The van der Waals surface area contributed by atoms with E-state index in [0.29, 0.717) is 0 Å². The molecule has 0 bridgehead atoms. The van der Waals surface area contributed by atoms with Crippen LogP contribution in [0, 0.1) is 0 Å². The van der Waals surface area contributed by atoms with Crippen LogP contribution in [-0.2, 0) is 6.42 Å². The summed E-state index contributed by atoms with van der Waals surface area (Å²) < 4.78 is 5.82. The molecule has 0 saturated heterocycles. The fourth-order valence-corrected chi connectivity index (χ4v) is 2.10. The van der Waals surface area contributed by atoms with Crippen LogP contribution in [0.2, 0.25) is 0 Å². The lowest BCUT2D eigenvalue weighted by Gasteiger charge is -2.16. The van der Waals surface area contributed by atoms with E-state index in [4.69, 9.17) is 10.5 Å². The lowest BCUT2D eigenvalue weighted by molar-refractivity contribution is 0.138. The van der Waals surface area contributed by atoms with Gasteiger partial charge in [-0.25, -0.2) is 0 Å². The van der Waals surface area contributed by atoms with E-state index in [-0.39, 0.29) is 11.6 Å². The minimum Gasteiger partial charge on any atom is -0.487 e. The van der Waals surface area contributed by atoms with Crippen molar-refractivity contribution in [2.45, 2.75) is 45.3 Å². The van der Waals surface area contributed by atoms with Crippen molar-refractivity contribution in [2.75, 3.05) is 0 Å². The average molecular weight is 205 g/mol. The number of rotatable bonds is 2. The SMILES string of the molecule is CC[C@@H](N)c1ccc2c(c1)CC(C)(C)O2. The zero-order valence-electron chi connectivity index (χ0n) is 9.71. The van der Waals surface area contributed by atoms with E-state index in [0.717, 1.165) is 18.6 Å². The summed E-state index contributed by atoms with van der Waals surface area (Å²) in [5, 5.41) is 0. The molecule has 15 heavy (non-hydrogen) atoms. The topological polar surface area (TPSA) is 35.2 Å². The van der Waals surface area contributed by atoms with Crippen molar-refractivity contribution in [1.82, 2.24) is 0 Å². The van der Waals surface area contributed by atoms with Crippen molar-refractivity contribution < 1.29 is 4.74 Å². The van der Waals surface area contributed by atoms with E-state index in [9.17, 15) is 0 Å². The van der Waals surface area contributed by atoms with Gasteiger partial charge in [-0.05, 0) is 37.5 Å². The average Bonchev–Trinajstić information content (AvgIpc) is 2.49. The van der Waals surface area contributed by atoms with Gasteiger partial charge in [-0.2, -0.15) is 0 Å². The Morgan fingerprint density at radius 3 is 2.87 bits per heavy atom. The van der Waals surface area contributed by atoms with E-state index in [2.05, 4.69) is 39.0 Å². The third kappa shape index (κ3) is 2.00. The molecule has 2 nitrogen and oxygen atoms in total. The van der Waals surface area contributed by atoms with Gasteiger partial charge < -0.3 is 10.5 Å². The third-order valence-corrected chi connectivity index (χ3v) is 2.95. The molecule has 1 aromatic rings. The van der Waals surface area contributed by atoms with Gasteiger partial charge in [0.15, 0.2) is 0 Å². The second kappa shape index (κ2) is 3.53. The number of benzene rings is 1. The molecule has 1 aliphatic rings. The van der Waals surface area contributed by atoms with Crippen LogP contribution in [0.1, 0.15) is 44.4 Å². The lowest BCUT2D eigenvalue weighted by atomic mass is 9.97. The Morgan fingerprint density at radius 1 is 1.47 bits per heavy atom. The Kier molecular flexibility index (Phi) is 2.47. The van der Waals surface area contributed by atoms with E-state index in [1.165, 1.54) is 11.1 Å². The standard InChI is InChI=1S/C13H19NO/c1-4-11(14)9-5-6-12-10(7-9)8-13(2,3)15-12/h5-7,11H,4,8,14H2,1-3H3/t11-/m1/s1. The molecule has 0 spiro atoms. The summed E-state index contributed by atoms with van der Waals surface area (Å²) >= 11 is 0.